The maximum Gasteiger partial charge on any atom is 0.187 e. The number of likely N-dealkylation sites (tertiary alicyclic amines) is 1. The minimum atomic E-state index is 0.0931. The van der Waals surface area contributed by atoms with Gasteiger partial charge in [0.2, 0.25) is 0 Å². The van der Waals surface area contributed by atoms with Gasteiger partial charge >= 0.3 is 0 Å². The Kier molecular flexibility index (Phi) is 3.97. The summed E-state index contributed by atoms with van der Waals surface area (Å²) in [5.41, 5.74) is 1.95. The first kappa shape index (κ1) is 11.9. The van der Waals surface area contributed by atoms with Crippen molar-refractivity contribution in [2.24, 2.45) is 0 Å². The third-order valence-corrected chi connectivity index (χ3v) is 3.16. The minimum absolute atomic E-state index is 0.0931. The van der Waals surface area contributed by atoms with Crippen molar-refractivity contribution in [1.29, 1.82) is 0 Å². The Morgan fingerprint density at radius 3 is 2.41 bits per heavy atom. The first-order chi connectivity index (χ1) is 8.25. The molecule has 1 aliphatic rings. The third-order valence-electron chi connectivity index (χ3n) is 3.16. The van der Waals surface area contributed by atoms with E-state index < -0.39 is 0 Å². The maximum absolute atomic E-state index is 11.9. The molecule has 1 fully saturated rings. The Morgan fingerprint density at radius 2 is 1.76 bits per heavy atom. The summed E-state index contributed by atoms with van der Waals surface area (Å²) in [5, 5.41) is 0. The summed E-state index contributed by atoms with van der Waals surface area (Å²) in [5.74, 6) is 0.0931. The third kappa shape index (κ3) is 3.45. The first-order valence-electron chi connectivity index (χ1n) is 6.29. The van der Waals surface area contributed by atoms with Crippen LogP contribution < -0.4 is 0 Å². The van der Waals surface area contributed by atoms with E-state index in [0.717, 1.165) is 18.7 Å². The summed E-state index contributed by atoms with van der Waals surface area (Å²) in [6.45, 7) is 4.19. The fourth-order valence-electron chi connectivity index (χ4n) is 2.05. The second kappa shape index (κ2) is 5.67. The minimum Gasteiger partial charge on any atom is -0.377 e. The van der Waals surface area contributed by atoms with Gasteiger partial charge in [-0.25, -0.2) is 0 Å². The van der Waals surface area contributed by atoms with E-state index in [4.69, 9.17) is 0 Å². The van der Waals surface area contributed by atoms with Crippen molar-refractivity contribution in [2.45, 2.75) is 26.2 Å². The molecule has 0 N–H and O–H groups in total. The van der Waals surface area contributed by atoms with E-state index in [-0.39, 0.29) is 5.78 Å². The normalized spacial score (nSPS) is 16.4. The molecule has 0 aromatic heterocycles. The van der Waals surface area contributed by atoms with E-state index >= 15 is 0 Å². The van der Waals surface area contributed by atoms with Gasteiger partial charge in [-0.2, -0.15) is 0 Å². The lowest BCUT2D eigenvalue weighted by Crippen LogP contribution is -2.24. The maximum atomic E-state index is 11.9. The molecule has 90 valence electrons. The average molecular weight is 229 g/mol. The summed E-state index contributed by atoms with van der Waals surface area (Å²) in [7, 11) is 0. The summed E-state index contributed by atoms with van der Waals surface area (Å²) < 4.78 is 0. The van der Waals surface area contributed by atoms with E-state index in [0.29, 0.717) is 0 Å². The van der Waals surface area contributed by atoms with Crippen molar-refractivity contribution < 1.29 is 4.79 Å². The molecule has 17 heavy (non-hydrogen) atoms. The smallest absolute Gasteiger partial charge is 0.187 e. The van der Waals surface area contributed by atoms with Gasteiger partial charge in [-0.3, -0.25) is 4.79 Å². The van der Waals surface area contributed by atoms with Crippen LogP contribution in [0.25, 0.3) is 0 Å². The predicted octanol–water partition coefficient (Wildman–Crippen LogP) is 3.18. The van der Waals surface area contributed by atoms with Gasteiger partial charge in [0, 0.05) is 30.9 Å². The zero-order valence-corrected chi connectivity index (χ0v) is 10.4. The SMILES string of the molecule is Cc1ccc(C(=O)/C=C\N2CCCCC2)cc1. The van der Waals surface area contributed by atoms with Gasteiger partial charge in [-0.05, 0) is 26.2 Å². The van der Waals surface area contributed by atoms with Crippen LogP contribution in [0, 0.1) is 6.92 Å². The van der Waals surface area contributed by atoms with Crippen molar-refractivity contribution in [3.05, 3.63) is 47.7 Å². The molecular weight excluding hydrogens is 210 g/mol. The van der Waals surface area contributed by atoms with Crippen molar-refractivity contribution in [1.82, 2.24) is 4.90 Å². The van der Waals surface area contributed by atoms with Gasteiger partial charge in [-0.1, -0.05) is 29.8 Å². The molecule has 1 aromatic rings. The molecule has 2 rings (SSSR count). The number of piperidine rings is 1. The molecule has 0 saturated carbocycles. The van der Waals surface area contributed by atoms with Crippen LogP contribution in [0.2, 0.25) is 0 Å². The van der Waals surface area contributed by atoms with Crippen molar-refractivity contribution in [3.8, 4) is 0 Å². The molecule has 1 aliphatic heterocycles. The van der Waals surface area contributed by atoms with Gasteiger partial charge in [0.15, 0.2) is 5.78 Å². The van der Waals surface area contributed by atoms with Crippen molar-refractivity contribution >= 4 is 5.78 Å². The second-order valence-corrected chi connectivity index (χ2v) is 4.64. The van der Waals surface area contributed by atoms with Crippen molar-refractivity contribution in [3.63, 3.8) is 0 Å². The number of ketones is 1. The molecule has 0 bridgehead atoms. The molecule has 2 heteroatoms. The molecule has 0 radical (unpaired) electrons. The number of aryl methyl sites for hydroxylation is 1. The topological polar surface area (TPSA) is 20.3 Å². The quantitative estimate of drug-likeness (QED) is 0.586. The fourth-order valence-corrected chi connectivity index (χ4v) is 2.05. The lowest BCUT2D eigenvalue weighted by Gasteiger charge is -2.24. The average Bonchev–Trinajstić information content (AvgIpc) is 2.38. The number of rotatable bonds is 3. The molecule has 0 unspecified atom stereocenters. The van der Waals surface area contributed by atoms with E-state index in [2.05, 4.69) is 4.90 Å². The number of carbonyl (C=O) groups excluding carboxylic acids is 1. The zero-order valence-electron chi connectivity index (χ0n) is 10.4. The van der Waals surface area contributed by atoms with Crippen molar-refractivity contribution in [2.75, 3.05) is 13.1 Å². The molecule has 2 nitrogen and oxygen atoms in total. The standard InChI is InChI=1S/C15H19NO/c1-13-5-7-14(8-6-13)15(17)9-12-16-10-3-2-4-11-16/h5-9,12H,2-4,10-11H2,1H3/b12-9-. The van der Waals surface area contributed by atoms with Crippen LogP contribution in [-0.2, 0) is 0 Å². The number of hydrogen-bond donors (Lipinski definition) is 0. The molecule has 0 amide bonds. The van der Waals surface area contributed by atoms with E-state index in [1.807, 2.05) is 37.4 Å². The highest BCUT2D eigenvalue weighted by atomic mass is 16.1. The second-order valence-electron chi connectivity index (χ2n) is 4.64. The van der Waals surface area contributed by atoms with Crippen LogP contribution in [-0.4, -0.2) is 23.8 Å². The molecular formula is C15H19NO. The largest absolute Gasteiger partial charge is 0.377 e. The van der Waals surface area contributed by atoms with Crippen LogP contribution in [0.5, 0.6) is 0 Å². The Bertz CT molecular complexity index is 399. The monoisotopic (exact) mass is 229 g/mol. The van der Waals surface area contributed by atoms with Gasteiger partial charge in [-0.15, -0.1) is 0 Å². The highest BCUT2D eigenvalue weighted by molar-refractivity contribution is 6.04. The Balaban J connectivity index is 1.96. The number of benzene rings is 1. The first-order valence-corrected chi connectivity index (χ1v) is 6.29. The Hall–Kier alpha value is -1.57. The molecule has 0 atom stereocenters. The number of nitrogens with zero attached hydrogens (tertiary/aromatic N) is 1. The Labute approximate surface area is 103 Å². The predicted molar refractivity (Wildman–Crippen MR) is 70.1 cm³/mol. The summed E-state index contributed by atoms with van der Waals surface area (Å²) in [6, 6.07) is 7.72. The summed E-state index contributed by atoms with van der Waals surface area (Å²) >= 11 is 0. The zero-order chi connectivity index (χ0) is 12.1. The van der Waals surface area contributed by atoms with Crippen LogP contribution in [0.15, 0.2) is 36.5 Å². The van der Waals surface area contributed by atoms with Crippen LogP contribution in [0.3, 0.4) is 0 Å². The highest BCUT2D eigenvalue weighted by Crippen LogP contribution is 2.10. The molecule has 0 aliphatic carbocycles. The van der Waals surface area contributed by atoms with Gasteiger partial charge in [0.05, 0.1) is 0 Å². The lowest BCUT2D eigenvalue weighted by atomic mass is 10.1. The fraction of sp³-hybridized carbons (Fsp3) is 0.400. The summed E-state index contributed by atoms with van der Waals surface area (Å²) in [6.07, 6.45) is 7.43. The van der Waals surface area contributed by atoms with E-state index in [1.165, 1.54) is 24.8 Å². The highest BCUT2D eigenvalue weighted by Gasteiger charge is 2.06. The number of hydrogen-bond acceptors (Lipinski definition) is 2. The molecule has 0 spiro atoms. The van der Waals surface area contributed by atoms with E-state index in [9.17, 15) is 4.79 Å². The van der Waals surface area contributed by atoms with Crippen LogP contribution >= 0.6 is 0 Å². The molecule has 1 saturated heterocycles. The van der Waals surface area contributed by atoms with Crippen LogP contribution in [0.4, 0.5) is 0 Å². The van der Waals surface area contributed by atoms with E-state index in [1.54, 1.807) is 6.08 Å². The number of carbonyl (C=O) groups is 1. The Morgan fingerprint density at radius 1 is 1.12 bits per heavy atom. The van der Waals surface area contributed by atoms with Gasteiger partial charge in [0.1, 0.15) is 0 Å². The lowest BCUT2D eigenvalue weighted by molar-refractivity contribution is 0.104. The molecule has 1 aromatic carbocycles. The number of allylic oxidation sites excluding steroid dienone is 1. The summed E-state index contributed by atoms with van der Waals surface area (Å²) in [4.78, 5) is 14.1. The van der Waals surface area contributed by atoms with Gasteiger partial charge in [0.25, 0.3) is 0 Å². The molecule has 1 heterocycles. The van der Waals surface area contributed by atoms with Gasteiger partial charge < -0.3 is 4.90 Å². The van der Waals surface area contributed by atoms with Crippen LogP contribution in [0.1, 0.15) is 35.2 Å².